The van der Waals surface area contributed by atoms with Crippen LogP contribution in [0.4, 0.5) is 26.7 Å². The van der Waals surface area contributed by atoms with Gasteiger partial charge in [-0.3, -0.25) is 18.9 Å². The first-order chi connectivity index (χ1) is 43.9. The Morgan fingerprint density at radius 3 is 1.35 bits per heavy atom. The monoisotopic (exact) mass is 1590 g/mol. The van der Waals surface area contributed by atoms with Gasteiger partial charge in [0.05, 0.1) is 91.9 Å². The van der Waals surface area contributed by atoms with Crippen molar-refractivity contribution >= 4 is 186 Å². The molecule has 3 atom stereocenters. The van der Waals surface area contributed by atoms with E-state index >= 15 is 0 Å². The summed E-state index contributed by atoms with van der Waals surface area (Å²) in [6.45, 7) is 1.23. The molecule has 0 saturated carbocycles. The van der Waals surface area contributed by atoms with Crippen molar-refractivity contribution in [2.24, 2.45) is 20.3 Å². The lowest BCUT2D eigenvalue weighted by Crippen LogP contribution is -2.41. The molecule has 2 N–H and O–H groups in total. The predicted molar refractivity (Wildman–Crippen MR) is 371 cm³/mol. The standard InChI is InChI=1S/C21H15BrCl2N6O.C19H14BrCl2N5O.C12H10BrClN4.C7H4ClNO.C2H2BrN/c22-15-11-26-29(12-15)19-13-30(27-20(19)14-1-3-16(23)4-2-14)21(31)28(10-9-25)18-7-5-17(24)6-8-18;20-13-9-23-26(10-13)17-11-27(19(28)24-16-7-5-15(22)6-8-16)25-18(17)12-1-3-14(21)4-2-12;13-9-5-16-18(7-9)11-6-15-17-12(11)8-1-3-10(14)4-2-8;8-6-1-3-7(4-2-6)9-5-10;3-1-2-4/h1-8,11-12,19H,10,13H2;1-10,17H,11H2,(H,24,28);1-5,7,11,15H,6H2;1-4H;1H2. The molecule has 20 nitrogen and oxygen atoms in total. The Kier molecular flexibility index (Phi) is 25.9. The number of carbonyl (C=O) groups excluding carboxylic acids is 3. The zero-order valence-electron chi connectivity index (χ0n) is 46.8. The number of amides is 4. The molecule has 0 bridgehead atoms. The highest BCUT2D eigenvalue weighted by molar-refractivity contribution is 9.11. The van der Waals surface area contributed by atoms with E-state index in [1.807, 2.05) is 83.9 Å². The summed E-state index contributed by atoms with van der Waals surface area (Å²) in [6, 6.07) is 45.3. The Morgan fingerprint density at radius 1 is 0.560 bits per heavy atom. The Balaban J connectivity index is 0.000000162. The molecule has 6 aromatic carbocycles. The lowest BCUT2D eigenvalue weighted by Gasteiger charge is -2.24. The third-order valence-electron chi connectivity index (χ3n) is 12.9. The van der Waals surface area contributed by atoms with Crippen LogP contribution in [0.3, 0.4) is 0 Å². The summed E-state index contributed by atoms with van der Waals surface area (Å²) in [5.74, 6) is 0. The zero-order valence-corrected chi connectivity index (χ0v) is 57.7. The molecule has 9 aromatic rings. The number of alkyl halides is 1. The SMILES string of the molecule is Clc1ccc(C2=NNCC2n2cc(Br)cn2)cc1.N#CCBr.N#CCN(C(=O)N1CC(n2cc(Br)cn2)C(c2ccc(Cl)cc2)=N1)c1ccc(Cl)cc1.O=C(Nc1ccc(Cl)cc1)N1CC(n2cc(Br)cn2)C(c2ccc(Cl)cc2)=N1.O=C=Nc1ccc(Cl)cc1. The average Bonchev–Trinajstić information content (AvgIpc) is 1.80. The molecular formula is C61H45Br4Cl6N17O3. The van der Waals surface area contributed by atoms with Gasteiger partial charge in [0.25, 0.3) is 0 Å². The largest absolute Gasteiger partial charge is 0.345 e. The van der Waals surface area contributed by atoms with E-state index in [1.54, 1.807) is 125 Å². The fourth-order valence-electron chi connectivity index (χ4n) is 8.71. The lowest BCUT2D eigenvalue weighted by molar-refractivity contribution is 0.208. The molecule has 4 amide bonds. The highest BCUT2D eigenvalue weighted by atomic mass is 79.9. The molecule has 0 saturated heterocycles. The molecule has 30 heteroatoms. The Morgan fingerprint density at radius 2 is 0.945 bits per heavy atom. The first-order valence-corrected chi connectivity index (χ1v) is 32.4. The number of rotatable bonds is 10. The molecule has 0 radical (unpaired) electrons. The first-order valence-electron chi connectivity index (χ1n) is 26.6. The molecule has 3 aromatic heterocycles. The summed E-state index contributed by atoms with van der Waals surface area (Å²) >= 11 is 48.5. The van der Waals surface area contributed by atoms with E-state index in [-0.39, 0.29) is 37.2 Å². The third kappa shape index (κ3) is 19.7. The number of hydrogen-bond donors (Lipinski definition) is 2. The predicted octanol–water partition coefficient (Wildman–Crippen LogP) is 16.9. The van der Waals surface area contributed by atoms with Crippen LogP contribution in [-0.4, -0.2) is 106 Å². The number of isocyanates is 1. The number of carbonyl (C=O) groups is 2. The second-order valence-corrected chi connectivity index (χ2v) is 24.8. The van der Waals surface area contributed by atoms with Crippen molar-refractivity contribution < 1.29 is 14.4 Å². The number of benzene rings is 6. The van der Waals surface area contributed by atoms with Crippen molar-refractivity contribution in [3.05, 3.63) is 243 Å². The minimum Gasteiger partial charge on any atom is -0.307 e. The van der Waals surface area contributed by atoms with Gasteiger partial charge in [-0.25, -0.2) is 24.4 Å². The Labute approximate surface area is 585 Å². The van der Waals surface area contributed by atoms with Gasteiger partial charge in [-0.1, -0.05) is 122 Å². The van der Waals surface area contributed by atoms with Gasteiger partial charge in [0.2, 0.25) is 6.08 Å². The summed E-state index contributed by atoms with van der Waals surface area (Å²) in [6.07, 6.45) is 12.2. The summed E-state index contributed by atoms with van der Waals surface area (Å²) in [5.41, 5.74) is 9.94. The van der Waals surface area contributed by atoms with Crippen molar-refractivity contribution in [1.29, 1.82) is 10.5 Å². The van der Waals surface area contributed by atoms with Crippen molar-refractivity contribution in [2.45, 2.75) is 18.1 Å². The summed E-state index contributed by atoms with van der Waals surface area (Å²) in [7, 11) is 0. The Bertz CT molecular complexity index is 4180. The fraction of sp³-hybridized carbons (Fsp3) is 0.131. The number of aliphatic imine (C=N–C) groups is 1. The number of hydrazone groups is 3. The van der Waals surface area contributed by atoms with E-state index in [2.05, 4.69) is 110 Å². The first kappa shape index (κ1) is 69.2. The minimum atomic E-state index is -0.413. The van der Waals surface area contributed by atoms with Crippen LogP contribution in [0.15, 0.2) is 216 Å². The number of anilines is 2. The van der Waals surface area contributed by atoms with Crippen molar-refractivity contribution in [1.82, 2.24) is 44.8 Å². The van der Waals surface area contributed by atoms with Gasteiger partial charge >= 0.3 is 12.1 Å². The van der Waals surface area contributed by atoms with Gasteiger partial charge in [0.1, 0.15) is 24.7 Å². The molecule has 0 fully saturated rings. The van der Waals surface area contributed by atoms with Crippen molar-refractivity contribution in [3.63, 3.8) is 0 Å². The lowest BCUT2D eigenvalue weighted by atomic mass is 10.0. The van der Waals surface area contributed by atoms with E-state index in [4.69, 9.17) is 74.9 Å². The van der Waals surface area contributed by atoms with Crippen LogP contribution in [0, 0.1) is 22.7 Å². The van der Waals surface area contributed by atoms with Gasteiger partial charge in [-0.05, 0) is 157 Å². The molecule has 6 heterocycles. The summed E-state index contributed by atoms with van der Waals surface area (Å²) in [4.78, 5) is 40.5. The number of aromatic nitrogens is 6. The average molecular weight is 1600 g/mol. The van der Waals surface area contributed by atoms with E-state index in [0.717, 1.165) is 53.1 Å². The number of halogens is 10. The maximum absolute atomic E-state index is 13.3. The van der Waals surface area contributed by atoms with Crippen molar-refractivity contribution in [2.75, 3.05) is 41.7 Å². The molecule has 3 aliphatic rings. The second kappa shape index (κ2) is 34.1. The number of nitriles is 2. The topological polar surface area (TPSA) is 235 Å². The highest BCUT2D eigenvalue weighted by Crippen LogP contribution is 2.31. The summed E-state index contributed by atoms with van der Waals surface area (Å²) in [5, 5.41) is 53.2. The number of urea groups is 2. The molecule has 91 heavy (non-hydrogen) atoms. The van der Waals surface area contributed by atoms with Crippen LogP contribution in [-0.2, 0) is 4.79 Å². The molecule has 3 aliphatic heterocycles. The van der Waals surface area contributed by atoms with Crippen LogP contribution in [0.1, 0.15) is 34.8 Å². The van der Waals surface area contributed by atoms with Gasteiger partial charge in [-0.15, -0.1) is 0 Å². The van der Waals surface area contributed by atoms with Crippen molar-refractivity contribution in [3.8, 4) is 12.1 Å². The van der Waals surface area contributed by atoms with E-state index in [0.29, 0.717) is 59.8 Å². The smallest absolute Gasteiger partial charge is 0.307 e. The van der Waals surface area contributed by atoms with Gasteiger partial charge in [0, 0.05) is 76.8 Å². The normalized spacial score (nSPS) is 15.1. The van der Waals surface area contributed by atoms with Crippen LogP contribution in [0.25, 0.3) is 0 Å². The zero-order chi connectivity index (χ0) is 65.0. The van der Waals surface area contributed by atoms with Crippen LogP contribution < -0.4 is 15.6 Å². The fourth-order valence-corrected chi connectivity index (χ4v) is 10.4. The molecule has 462 valence electrons. The second-order valence-electron chi connectivity index (χ2n) is 18.9. The van der Waals surface area contributed by atoms with Gasteiger partial charge in [-0.2, -0.15) is 46.1 Å². The maximum atomic E-state index is 13.3. The van der Waals surface area contributed by atoms with E-state index in [1.165, 1.54) is 21.0 Å². The highest BCUT2D eigenvalue weighted by Gasteiger charge is 2.36. The Hall–Kier alpha value is -7.68. The molecule has 0 aliphatic carbocycles. The number of hydrogen-bond acceptors (Lipinski definition) is 13. The van der Waals surface area contributed by atoms with Gasteiger partial charge in [0.15, 0.2) is 0 Å². The van der Waals surface area contributed by atoms with Crippen LogP contribution in [0.5, 0.6) is 0 Å². The van der Waals surface area contributed by atoms with Crippen LogP contribution >= 0.6 is 133 Å². The molecular weight excluding hydrogens is 1550 g/mol. The molecule has 3 unspecified atom stereocenters. The van der Waals surface area contributed by atoms with Crippen LogP contribution in [0.2, 0.25) is 30.1 Å². The molecule has 12 rings (SSSR count). The summed E-state index contributed by atoms with van der Waals surface area (Å²) < 4.78 is 8.07. The number of nitrogens with zero attached hydrogens (tertiary/aromatic N) is 15. The molecule has 0 spiro atoms. The minimum absolute atomic E-state index is 0.109. The number of nitrogens with one attached hydrogen (secondary N) is 2. The maximum Gasteiger partial charge on any atom is 0.345 e. The van der Waals surface area contributed by atoms with E-state index < -0.39 is 6.03 Å². The van der Waals surface area contributed by atoms with Gasteiger partial charge < -0.3 is 10.7 Å². The quantitative estimate of drug-likeness (QED) is 0.0572. The van der Waals surface area contributed by atoms with E-state index in [9.17, 15) is 19.6 Å². The third-order valence-corrected chi connectivity index (χ3v) is 15.9.